The molecule has 0 N–H and O–H groups in total. The summed E-state index contributed by atoms with van der Waals surface area (Å²) in [5.74, 6) is 0.369. The van der Waals surface area contributed by atoms with Crippen LogP contribution in [0.3, 0.4) is 0 Å². The van der Waals surface area contributed by atoms with E-state index in [0.29, 0.717) is 5.76 Å². The molecule has 3 aromatic rings. The molecule has 110 valence electrons. The highest BCUT2D eigenvalue weighted by atomic mass is 16.3. The number of carbonyl (C=O) groups is 1. The minimum atomic E-state index is -0.0472. The van der Waals surface area contributed by atoms with Crippen molar-refractivity contribution in [1.29, 1.82) is 0 Å². The molecule has 1 aliphatic carbocycles. The summed E-state index contributed by atoms with van der Waals surface area (Å²) in [6, 6.07) is 18.2. The summed E-state index contributed by atoms with van der Waals surface area (Å²) in [6.07, 6.45) is 1.83. The Balaban J connectivity index is 1.58. The molecule has 4 rings (SSSR count). The van der Waals surface area contributed by atoms with Crippen LogP contribution in [0, 0.1) is 0 Å². The van der Waals surface area contributed by atoms with Crippen molar-refractivity contribution in [2.24, 2.45) is 0 Å². The summed E-state index contributed by atoms with van der Waals surface area (Å²) in [5.41, 5.74) is 3.45. The van der Waals surface area contributed by atoms with Gasteiger partial charge in [-0.15, -0.1) is 0 Å². The lowest BCUT2D eigenvalue weighted by atomic mass is 10.1. The summed E-state index contributed by atoms with van der Waals surface area (Å²) >= 11 is 0. The van der Waals surface area contributed by atoms with Crippen LogP contribution >= 0.6 is 0 Å². The van der Waals surface area contributed by atoms with Gasteiger partial charge in [-0.3, -0.25) is 4.79 Å². The van der Waals surface area contributed by atoms with Crippen molar-refractivity contribution in [3.8, 4) is 0 Å². The number of hydrogen-bond donors (Lipinski definition) is 0. The summed E-state index contributed by atoms with van der Waals surface area (Å²) in [4.78, 5) is 14.5. The molecule has 1 aliphatic rings. The molecule has 0 fully saturated rings. The fraction of sp³-hybridized carbons (Fsp3) is 0.211. The highest BCUT2D eigenvalue weighted by Crippen LogP contribution is 2.27. The van der Waals surface area contributed by atoms with E-state index in [4.69, 9.17) is 4.42 Å². The van der Waals surface area contributed by atoms with Crippen molar-refractivity contribution in [1.82, 2.24) is 4.90 Å². The van der Waals surface area contributed by atoms with E-state index in [1.54, 1.807) is 0 Å². The Kier molecular flexibility index (Phi) is 3.00. The number of hydrogen-bond acceptors (Lipinski definition) is 2. The number of furan rings is 1. The van der Waals surface area contributed by atoms with Gasteiger partial charge in [0.15, 0.2) is 5.76 Å². The maximum Gasteiger partial charge on any atom is 0.289 e. The van der Waals surface area contributed by atoms with Gasteiger partial charge in [-0.25, -0.2) is 0 Å². The number of fused-ring (bicyclic) bond motifs is 2. The fourth-order valence-electron chi connectivity index (χ4n) is 3.24. The van der Waals surface area contributed by atoms with Crippen LogP contribution in [0.15, 0.2) is 59.0 Å². The van der Waals surface area contributed by atoms with Gasteiger partial charge in [0, 0.05) is 18.5 Å². The van der Waals surface area contributed by atoms with E-state index in [1.165, 1.54) is 11.1 Å². The highest BCUT2D eigenvalue weighted by Gasteiger charge is 2.29. The van der Waals surface area contributed by atoms with Crippen molar-refractivity contribution < 1.29 is 9.21 Å². The molecule has 0 saturated heterocycles. The Morgan fingerprint density at radius 3 is 2.36 bits per heavy atom. The van der Waals surface area contributed by atoms with E-state index < -0.39 is 0 Å². The van der Waals surface area contributed by atoms with Crippen LogP contribution in [0.2, 0.25) is 0 Å². The van der Waals surface area contributed by atoms with Gasteiger partial charge in [-0.1, -0.05) is 42.5 Å². The lowest BCUT2D eigenvalue weighted by Crippen LogP contribution is -2.37. The average Bonchev–Trinajstić information content (AvgIpc) is 3.16. The van der Waals surface area contributed by atoms with Crippen molar-refractivity contribution in [3.63, 3.8) is 0 Å². The first kappa shape index (κ1) is 13.1. The van der Waals surface area contributed by atoms with E-state index in [2.05, 4.69) is 24.3 Å². The zero-order valence-electron chi connectivity index (χ0n) is 12.5. The van der Waals surface area contributed by atoms with Crippen LogP contribution < -0.4 is 0 Å². The molecule has 3 nitrogen and oxygen atoms in total. The number of likely N-dealkylation sites (N-methyl/N-ethyl adjacent to an activating group) is 1. The quantitative estimate of drug-likeness (QED) is 0.722. The first-order valence-electron chi connectivity index (χ1n) is 7.55. The second kappa shape index (κ2) is 5.02. The number of amides is 1. The minimum Gasteiger partial charge on any atom is -0.451 e. The lowest BCUT2D eigenvalue weighted by Gasteiger charge is -2.23. The number of benzene rings is 2. The smallest absolute Gasteiger partial charge is 0.289 e. The Bertz CT molecular complexity index is 791. The maximum absolute atomic E-state index is 12.7. The van der Waals surface area contributed by atoms with Gasteiger partial charge in [0.2, 0.25) is 0 Å². The van der Waals surface area contributed by atoms with Gasteiger partial charge in [-0.2, -0.15) is 0 Å². The van der Waals surface area contributed by atoms with E-state index >= 15 is 0 Å². The fourth-order valence-corrected chi connectivity index (χ4v) is 3.24. The molecule has 0 saturated carbocycles. The van der Waals surface area contributed by atoms with E-state index in [9.17, 15) is 4.79 Å². The third kappa shape index (κ3) is 2.10. The lowest BCUT2D eigenvalue weighted by molar-refractivity contribution is 0.0708. The van der Waals surface area contributed by atoms with Crippen LogP contribution in [-0.4, -0.2) is 23.9 Å². The van der Waals surface area contributed by atoms with Gasteiger partial charge in [-0.05, 0) is 36.1 Å². The molecule has 2 aromatic carbocycles. The Morgan fingerprint density at radius 2 is 1.68 bits per heavy atom. The van der Waals surface area contributed by atoms with Gasteiger partial charge < -0.3 is 9.32 Å². The number of nitrogens with zero attached hydrogens (tertiary/aromatic N) is 1. The molecule has 1 amide bonds. The minimum absolute atomic E-state index is 0.0472. The van der Waals surface area contributed by atoms with Crippen LogP contribution in [0.4, 0.5) is 0 Å². The van der Waals surface area contributed by atoms with Crippen LogP contribution in [0.25, 0.3) is 11.0 Å². The normalized spacial score (nSPS) is 14.2. The zero-order valence-corrected chi connectivity index (χ0v) is 12.5. The van der Waals surface area contributed by atoms with Crippen molar-refractivity contribution in [3.05, 3.63) is 71.5 Å². The first-order chi connectivity index (χ1) is 10.7. The molecule has 3 heteroatoms. The predicted molar refractivity (Wildman–Crippen MR) is 85.9 cm³/mol. The monoisotopic (exact) mass is 291 g/mol. The van der Waals surface area contributed by atoms with Gasteiger partial charge in [0.1, 0.15) is 5.58 Å². The Morgan fingerprint density at radius 1 is 1.05 bits per heavy atom. The SMILES string of the molecule is CN(C(=O)c1cc2ccccc2o1)C1Cc2ccccc2C1. The third-order valence-electron chi connectivity index (χ3n) is 4.53. The zero-order chi connectivity index (χ0) is 15.1. The average molecular weight is 291 g/mol. The van der Waals surface area contributed by atoms with Gasteiger partial charge in [0.05, 0.1) is 0 Å². The summed E-state index contributed by atoms with van der Waals surface area (Å²) in [7, 11) is 1.87. The summed E-state index contributed by atoms with van der Waals surface area (Å²) in [6.45, 7) is 0. The topological polar surface area (TPSA) is 33.5 Å². The number of carbonyl (C=O) groups excluding carboxylic acids is 1. The molecular formula is C19H17NO2. The molecule has 0 aliphatic heterocycles. The third-order valence-corrected chi connectivity index (χ3v) is 4.53. The van der Waals surface area contributed by atoms with Crippen LogP contribution in [-0.2, 0) is 12.8 Å². The largest absolute Gasteiger partial charge is 0.451 e. The molecular weight excluding hydrogens is 274 g/mol. The molecule has 0 spiro atoms. The Labute approximate surface area is 129 Å². The van der Waals surface area contributed by atoms with Crippen molar-refractivity contribution in [2.75, 3.05) is 7.05 Å². The van der Waals surface area contributed by atoms with Gasteiger partial charge in [0.25, 0.3) is 5.91 Å². The molecule has 22 heavy (non-hydrogen) atoms. The van der Waals surface area contributed by atoms with Crippen molar-refractivity contribution in [2.45, 2.75) is 18.9 Å². The maximum atomic E-state index is 12.7. The molecule has 0 bridgehead atoms. The van der Waals surface area contributed by atoms with E-state index in [0.717, 1.165) is 23.8 Å². The summed E-state index contributed by atoms with van der Waals surface area (Å²) < 4.78 is 5.70. The van der Waals surface area contributed by atoms with Crippen LogP contribution in [0.5, 0.6) is 0 Å². The molecule has 1 heterocycles. The van der Waals surface area contributed by atoms with Crippen LogP contribution in [0.1, 0.15) is 21.7 Å². The molecule has 1 aromatic heterocycles. The second-order valence-electron chi connectivity index (χ2n) is 5.90. The van der Waals surface area contributed by atoms with Gasteiger partial charge >= 0.3 is 0 Å². The molecule has 0 radical (unpaired) electrons. The number of rotatable bonds is 2. The molecule has 0 atom stereocenters. The van der Waals surface area contributed by atoms with E-state index in [-0.39, 0.29) is 11.9 Å². The first-order valence-corrected chi connectivity index (χ1v) is 7.55. The highest BCUT2D eigenvalue weighted by molar-refractivity contribution is 5.96. The second-order valence-corrected chi connectivity index (χ2v) is 5.90. The molecule has 0 unspecified atom stereocenters. The standard InChI is InChI=1S/C19H17NO2/c1-20(16-10-13-6-2-3-7-14(13)11-16)19(21)18-12-15-8-4-5-9-17(15)22-18/h2-9,12,16H,10-11H2,1H3. The van der Waals surface area contributed by atoms with Crippen molar-refractivity contribution >= 4 is 16.9 Å². The number of para-hydroxylation sites is 1. The Hall–Kier alpha value is -2.55. The summed E-state index contributed by atoms with van der Waals surface area (Å²) in [5, 5.41) is 0.967. The predicted octanol–water partition coefficient (Wildman–Crippen LogP) is 3.67. The van der Waals surface area contributed by atoms with E-state index in [1.807, 2.05) is 42.3 Å².